The van der Waals surface area contributed by atoms with Crippen LogP contribution in [-0.4, -0.2) is 12.4 Å². The van der Waals surface area contributed by atoms with Crippen molar-refractivity contribution in [2.75, 3.05) is 6.61 Å². The fourth-order valence-electron chi connectivity index (χ4n) is 1.24. The Bertz CT molecular complexity index is 303. The van der Waals surface area contributed by atoms with Gasteiger partial charge >= 0.3 is 0 Å². The first kappa shape index (κ1) is 10.7. The molecule has 0 heterocycles. The minimum Gasteiger partial charge on any atom is -0.366 e. The average molecular weight is 190 g/mol. The minimum atomic E-state index is -0.501. The number of benzene rings is 1. The highest BCUT2D eigenvalue weighted by molar-refractivity contribution is 5.93. The van der Waals surface area contributed by atoms with Crippen LogP contribution in [0.15, 0.2) is 43.0 Å². The predicted molar refractivity (Wildman–Crippen MR) is 56.0 cm³/mol. The molecule has 0 radical (unpaired) electrons. The van der Waals surface area contributed by atoms with Crippen LogP contribution < -0.4 is 0 Å². The van der Waals surface area contributed by atoms with Gasteiger partial charge in [-0.1, -0.05) is 36.9 Å². The van der Waals surface area contributed by atoms with E-state index in [1.165, 1.54) is 6.08 Å². The maximum Gasteiger partial charge on any atom is 0.188 e. The molecule has 1 rings (SSSR count). The zero-order valence-electron chi connectivity index (χ0n) is 8.27. The summed E-state index contributed by atoms with van der Waals surface area (Å²) in [4.78, 5) is 11.5. The zero-order valence-corrected chi connectivity index (χ0v) is 8.27. The second-order valence-electron chi connectivity index (χ2n) is 2.85. The largest absolute Gasteiger partial charge is 0.366 e. The van der Waals surface area contributed by atoms with Gasteiger partial charge < -0.3 is 4.74 Å². The van der Waals surface area contributed by atoms with Crippen molar-refractivity contribution in [1.82, 2.24) is 0 Å². The van der Waals surface area contributed by atoms with Crippen molar-refractivity contribution in [1.29, 1.82) is 0 Å². The van der Waals surface area contributed by atoms with E-state index in [4.69, 9.17) is 4.74 Å². The number of carbonyl (C=O) groups excluding carboxylic acids is 1. The Hall–Kier alpha value is -1.41. The summed E-state index contributed by atoms with van der Waals surface area (Å²) in [6, 6.07) is 9.43. The molecule has 0 fully saturated rings. The third-order valence-corrected chi connectivity index (χ3v) is 1.90. The van der Waals surface area contributed by atoms with Crippen LogP contribution in [0.4, 0.5) is 0 Å². The highest BCUT2D eigenvalue weighted by Crippen LogP contribution is 2.18. The third kappa shape index (κ3) is 2.54. The molecule has 0 aromatic heterocycles. The van der Waals surface area contributed by atoms with E-state index in [0.29, 0.717) is 6.61 Å². The first-order chi connectivity index (χ1) is 6.79. The molecule has 74 valence electrons. The standard InChI is InChI=1S/C12H14O2/c1-3-11(13)12(14-4-2)10-8-6-5-7-9-10/h3,5-9,12H,1,4H2,2H3. The second-order valence-corrected chi connectivity index (χ2v) is 2.85. The predicted octanol–water partition coefficient (Wildman–Crippen LogP) is 2.52. The molecule has 0 aliphatic heterocycles. The number of ketones is 1. The summed E-state index contributed by atoms with van der Waals surface area (Å²) in [5, 5.41) is 0. The molecule has 14 heavy (non-hydrogen) atoms. The molecule has 0 spiro atoms. The first-order valence-electron chi connectivity index (χ1n) is 4.62. The van der Waals surface area contributed by atoms with Crippen LogP contribution in [0.3, 0.4) is 0 Å². The average Bonchev–Trinajstić information content (AvgIpc) is 2.26. The SMILES string of the molecule is C=CC(=O)C(OCC)c1ccccc1. The van der Waals surface area contributed by atoms with Crippen molar-refractivity contribution in [2.24, 2.45) is 0 Å². The summed E-state index contributed by atoms with van der Waals surface area (Å²) >= 11 is 0. The number of ether oxygens (including phenoxy) is 1. The van der Waals surface area contributed by atoms with Gasteiger partial charge in [-0.15, -0.1) is 0 Å². The smallest absolute Gasteiger partial charge is 0.188 e. The molecule has 0 bridgehead atoms. The molecule has 1 aromatic carbocycles. The fraction of sp³-hybridized carbons (Fsp3) is 0.250. The van der Waals surface area contributed by atoms with Crippen molar-refractivity contribution in [3.63, 3.8) is 0 Å². The quantitative estimate of drug-likeness (QED) is 0.667. The lowest BCUT2D eigenvalue weighted by Gasteiger charge is -2.13. The van der Waals surface area contributed by atoms with Gasteiger partial charge in [0, 0.05) is 6.61 Å². The van der Waals surface area contributed by atoms with E-state index in [1.54, 1.807) is 0 Å². The zero-order chi connectivity index (χ0) is 10.4. The lowest BCUT2D eigenvalue weighted by Crippen LogP contribution is -2.13. The van der Waals surface area contributed by atoms with Gasteiger partial charge in [0.2, 0.25) is 0 Å². The molecule has 0 aliphatic carbocycles. The fourth-order valence-corrected chi connectivity index (χ4v) is 1.24. The highest BCUT2D eigenvalue weighted by atomic mass is 16.5. The van der Waals surface area contributed by atoms with Crippen LogP contribution in [0, 0.1) is 0 Å². The van der Waals surface area contributed by atoms with Crippen LogP contribution >= 0.6 is 0 Å². The summed E-state index contributed by atoms with van der Waals surface area (Å²) in [7, 11) is 0. The number of carbonyl (C=O) groups is 1. The summed E-state index contributed by atoms with van der Waals surface area (Å²) in [5.74, 6) is -0.0990. The van der Waals surface area contributed by atoms with E-state index in [-0.39, 0.29) is 5.78 Å². The Morgan fingerprint density at radius 2 is 2.14 bits per heavy atom. The van der Waals surface area contributed by atoms with Gasteiger partial charge in [0.25, 0.3) is 0 Å². The molecule has 2 nitrogen and oxygen atoms in total. The molecule has 0 saturated heterocycles. The van der Waals surface area contributed by atoms with Crippen molar-refractivity contribution in [3.05, 3.63) is 48.6 Å². The van der Waals surface area contributed by atoms with Crippen LogP contribution in [0.2, 0.25) is 0 Å². The van der Waals surface area contributed by atoms with Crippen LogP contribution in [-0.2, 0) is 9.53 Å². The van der Waals surface area contributed by atoms with E-state index >= 15 is 0 Å². The van der Waals surface area contributed by atoms with Crippen molar-refractivity contribution in [2.45, 2.75) is 13.0 Å². The Kier molecular flexibility index (Phi) is 4.08. The van der Waals surface area contributed by atoms with Crippen molar-refractivity contribution >= 4 is 5.78 Å². The maximum atomic E-state index is 11.5. The minimum absolute atomic E-state index is 0.0990. The van der Waals surface area contributed by atoms with Gasteiger partial charge in [0.1, 0.15) is 6.10 Å². The van der Waals surface area contributed by atoms with Crippen molar-refractivity contribution < 1.29 is 9.53 Å². The third-order valence-electron chi connectivity index (χ3n) is 1.90. The Morgan fingerprint density at radius 3 is 2.64 bits per heavy atom. The lowest BCUT2D eigenvalue weighted by molar-refractivity contribution is -0.125. The molecule has 0 aliphatic rings. The van der Waals surface area contributed by atoms with Crippen LogP contribution in [0.5, 0.6) is 0 Å². The van der Waals surface area contributed by atoms with Gasteiger partial charge in [-0.05, 0) is 18.6 Å². The molecular weight excluding hydrogens is 176 g/mol. The Morgan fingerprint density at radius 1 is 1.50 bits per heavy atom. The molecule has 0 amide bonds. The molecule has 0 saturated carbocycles. The van der Waals surface area contributed by atoms with Gasteiger partial charge in [-0.25, -0.2) is 0 Å². The summed E-state index contributed by atoms with van der Waals surface area (Å²) in [6.45, 7) is 5.84. The molecule has 1 unspecified atom stereocenters. The van der Waals surface area contributed by atoms with Crippen molar-refractivity contribution in [3.8, 4) is 0 Å². The van der Waals surface area contributed by atoms with E-state index in [2.05, 4.69) is 6.58 Å². The van der Waals surface area contributed by atoms with Gasteiger partial charge in [-0.2, -0.15) is 0 Å². The monoisotopic (exact) mass is 190 g/mol. The summed E-state index contributed by atoms with van der Waals surface area (Å²) in [5.41, 5.74) is 0.874. The first-order valence-corrected chi connectivity index (χ1v) is 4.62. The second kappa shape index (κ2) is 5.35. The Labute approximate surface area is 84.2 Å². The molecular formula is C12H14O2. The summed E-state index contributed by atoms with van der Waals surface area (Å²) in [6.07, 6.45) is 0.798. The van der Waals surface area contributed by atoms with E-state index in [9.17, 15) is 4.79 Å². The van der Waals surface area contributed by atoms with Crippen LogP contribution in [0.1, 0.15) is 18.6 Å². The van der Waals surface area contributed by atoms with E-state index in [1.807, 2.05) is 37.3 Å². The molecule has 0 N–H and O–H groups in total. The lowest BCUT2D eigenvalue weighted by atomic mass is 10.1. The number of hydrogen-bond acceptors (Lipinski definition) is 2. The Balaban J connectivity index is 2.88. The maximum absolute atomic E-state index is 11.5. The normalized spacial score (nSPS) is 12.1. The van der Waals surface area contributed by atoms with E-state index in [0.717, 1.165) is 5.56 Å². The van der Waals surface area contributed by atoms with Gasteiger partial charge in [0.05, 0.1) is 0 Å². The molecule has 1 aromatic rings. The van der Waals surface area contributed by atoms with E-state index < -0.39 is 6.10 Å². The summed E-state index contributed by atoms with van der Waals surface area (Å²) < 4.78 is 5.36. The van der Waals surface area contributed by atoms with Crippen LogP contribution in [0.25, 0.3) is 0 Å². The van der Waals surface area contributed by atoms with Gasteiger partial charge in [-0.3, -0.25) is 4.79 Å². The molecule has 1 atom stereocenters. The number of rotatable bonds is 5. The molecule has 2 heteroatoms. The number of hydrogen-bond donors (Lipinski definition) is 0. The topological polar surface area (TPSA) is 26.3 Å². The van der Waals surface area contributed by atoms with Gasteiger partial charge in [0.15, 0.2) is 5.78 Å². The highest BCUT2D eigenvalue weighted by Gasteiger charge is 2.17.